The second-order valence-electron chi connectivity index (χ2n) is 4.75. The van der Waals surface area contributed by atoms with Crippen molar-refractivity contribution < 1.29 is 27.5 Å². The van der Waals surface area contributed by atoms with Gasteiger partial charge in [0.15, 0.2) is 6.61 Å². The van der Waals surface area contributed by atoms with Crippen molar-refractivity contribution >= 4 is 35.2 Å². The third-order valence-corrected chi connectivity index (χ3v) is 3.08. The standard InChI is InChI=1S/C14H15Cl2F3N2O3/c15-10-5-9(6-11(16)7-10)1-3-20-12(22)2-4-21-13(23)24-8-14(17,18)19/h5-7H,1-4,8H2,(H,20,22)(H,21,23). The summed E-state index contributed by atoms with van der Waals surface area (Å²) >= 11 is 11.7. The maximum absolute atomic E-state index is 11.8. The number of rotatable bonds is 7. The maximum Gasteiger partial charge on any atom is 0.422 e. The minimum Gasteiger partial charge on any atom is -0.440 e. The van der Waals surface area contributed by atoms with Crippen molar-refractivity contribution in [2.75, 3.05) is 19.7 Å². The zero-order valence-corrected chi connectivity index (χ0v) is 13.9. The Kier molecular flexibility index (Phi) is 8.14. The highest BCUT2D eigenvalue weighted by molar-refractivity contribution is 6.34. The molecule has 0 aliphatic rings. The first kappa shape index (κ1) is 20.4. The summed E-state index contributed by atoms with van der Waals surface area (Å²) in [6.07, 6.45) is -5.39. The van der Waals surface area contributed by atoms with Crippen LogP contribution < -0.4 is 10.6 Å². The molecule has 0 heterocycles. The first-order valence-corrected chi connectivity index (χ1v) is 7.60. The fraction of sp³-hybridized carbons (Fsp3) is 0.429. The van der Waals surface area contributed by atoms with E-state index in [0.29, 0.717) is 23.0 Å². The number of nitrogens with one attached hydrogen (secondary N) is 2. The molecule has 0 atom stereocenters. The zero-order chi connectivity index (χ0) is 18.2. The normalized spacial score (nSPS) is 11.0. The van der Waals surface area contributed by atoms with Crippen LogP contribution in [-0.4, -0.2) is 37.9 Å². The molecular formula is C14H15Cl2F3N2O3. The Hall–Kier alpha value is -1.67. The lowest BCUT2D eigenvalue weighted by molar-refractivity contribution is -0.160. The molecule has 0 saturated carbocycles. The van der Waals surface area contributed by atoms with Crippen molar-refractivity contribution in [3.63, 3.8) is 0 Å². The predicted octanol–water partition coefficient (Wildman–Crippen LogP) is 3.33. The van der Waals surface area contributed by atoms with Crippen molar-refractivity contribution in [3.8, 4) is 0 Å². The highest BCUT2D eigenvalue weighted by Crippen LogP contribution is 2.19. The molecule has 10 heteroatoms. The number of hydrogen-bond donors (Lipinski definition) is 2. The molecule has 1 rings (SSSR count). The highest BCUT2D eigenvalue weighted by atomic mass is 35.5. The van der Waals surface area contributed by atoms with Crippen molar-refractivity contribution in [1.29, 1.82) is 0 Å². The minimum absolute atomic E-state index is 0.0859. The molecule has 0 unspecified atom stereocenters. The van der Waals surface area contributed by atoms with Crippen LogP contribution >= 0.6 is 23.2 Å². The highest BCUT2D eigenvalue weighted by Gasteiger charge is 2.29. The number of alkyl halides is 3. The number of benzene rings is 1. The number of carbonyl (C=O) groups excluding carboxylic acids is 2. The number of alkyl carbamates (subject to hydrolysis) is 1. The van der Waals surface area contributed by atoms with Gasteiger partial charge in [0.25, 0.3) is 0 Å². The van der Waals surface area contributed by atoms with Crippen molar-refractivity contribution in [2.45, 2.75) is 19.0 Å². The first-order chi connectivity index (χ1) is 11.2. The summed E-state index contributed by atoms with van der Waals surface area (Å²) in [5, 5.41) is 5.64. The molecule has 134 valence electrons. The van der Waals surface area contributed by atoms with Crippen LogP contribution in [0.4, 0.5) is 18.0 Å². The Morgan fingerprint density at radius 1 is 1.04 bits per heavy atom. The molecule has 2 N–H and O–H groups in total. The van der Waals surface area contributed by atoms with E-state index in [9.17, 15) is 22.8 Å². The summed E-state index contributed by atoms with van der Waals surface area (Å²) in [7, 11) is 0. The van der Waals surface area contributed by atoms with Crippen molar-refractivity contribution in [1.82, 2.24) is 10.6 Å². The van der Waals surface area contributed by atoms with Gasteiger partial charge in [-0.05, 0) is 30.2 Å². The van der Waals surface area contributed by atoms with E-state index in [2.05, 4.69) is 15.4 Å². The van der Waals surface area contributed by atoms with E-state index in [1.54, 1.807) is 18.2 Å². The Morgan fingerprint density at radius 3 is 2.25 bits per heavy atom. The topological polar surface area (TPSA) is 67.4 Å². The Balaban J connectivity index is 2.17. The number of amides is 2. The molecule has 1 aromatic rings. The molecule has 0 radical (unpaired) electrons. The Bertz CT molecular complexity index is 563. The fourth-order valence-electron chi connectivity index (χ4n) is 1.67. The van der Waals surface area contributed by atoms with Crippen LogP contribution in [0.3, 0.4) is 0 Å². The SMILES string of the molecule is O=C(CCNC(=O)OCC(F)(F)F)NCCc1cc(Cl)cc(Cl)c1. The van der Waals surface area contributed by atoms with Crippen molar-refractivity contribution in [3.05, 3.63) is 33.8 Å². The largest absolute Gasteiger partial charge is 0.440 e. The van der Waals surface area contributed by atoms with Crippen LogP contribution in [0.5, 0.6) is 0 Å². The van der Waals surface area contributed by atoms with E-state index in [1.165, 1.54) is 0 Å². The summed E-state index contributed by atoms with van der Waals surface area (Å²) in [6.45, 7) is -1.48. The van der Waals surface area contributed by atoms with Crippen LogP contribution in [0.25, 0.3) is 0 Å². The summed E-state index contributed by atoms with van der Waals surface area (Å²) in [4.78, 5) is 22.5. The molecule has 0 aliphatic heterocycles. The van der Waals surface area contributed by atoms with Gasteiger partial charge in [0, 0.05) is 29.6 Å². The molecule has 0 aliphatic carbocycles. The van der Waals surface area contributed by atoms with Crippen LogP contribution in [0.1, 0.15) is 12.0 Å². The number of halogens is 5. The smallest absolute Gasteiger partial charge is 0.422 e. The van der Waals surface area contributed by atoms with Gasteiger partial charge in [-0.2, -0.15) is 13.2 Å². The molecule has 5 nitrogen and oxygen atoms in total. The summed E-state index contributed by atoms with van der Waals surface area (Å²) in [5.41, 5.74) is 0.849. The molecule has 1 aromatic carbocycles. The van der Waals surface area contributed by atoms with Gasteiger partial charge in [-0.3, -0.25) is 4.79 Å². The molecule has 0 saturated heterocycles. The molecule has 0 fully saturated rings. The Morgan fingerprint density at radius 2 is 1.67 bits per heavy atom. The van der Waals surface area contributed by atoms with Gasteiger partial charge in [-0.1, -0.05) is 23.2 Å². The zero-order valence-electron chi connectivity index (χ0n) is 12.4. The molecule has 0 bridgehead atoms. The van der Waals surface area contributed by atoms with Gasteiger partial charge in [-0.25, -0.2) is 4.79 Å². The summed E-state index contributed by atoms with van der Waals surface area (Å²) in [5.74, 6) is -0.362. The summed E-state index contributed by atoms with van der Waals surface area (Å²) in [6, 6.07) is 5.03. The monoisotopic (exact) mass is 386 g/mol. The van der Waals surface area contributed by atoms with E-state index >= 15 is 0 Å². The van der Waals surface area contributed by atoms with E-state index in [0.717, 1.165) is 5.56 Å². The molecule has 0 aromatic heterocycles. The van der Waals surface area contributed by atoms with Crippen LogP contribution in [0.15, 0.2) is 18.2 Å². The third kappa shape index (κ3) is 9.46. The summed E-state index contributed by atoms with van der Waals surface area (Å²) < 4.78 is 39.3. The second kappa shape index (κ2) is 9.58. The van der Waals surface area contributed by atoms with Crippen LogP contribution in [0, 0.1) is 0 Å². The van der Waals surface area contributed by atoms with Gasteiger partial charge in [0.2, 0.25) is 5.91 Å². The quantitative estimate of drug-likeness (QED) is 0.754. The van der Waals surface area contributed by atoms with E-state index in [4.69, 9.17) is 23.2 Å². The van der Waals surface area contributed by atoms with E-state index in [1.807, 2.05) is 0 Å². The molecular weight excluding hydrogens is 372 g/mol. The van der Waals surface area contributed by atoms with E-state index < -0.39 is 18.9 Å². The molecule has 2 amide bonds. The lowest BCUT2D eigenvalue weighted by Gasteiger charge is -2.09. The minimum atomic E-state index is -4.59. The van der Waals surface area contributed by atoms with Gasteiger partial charge < -0.3 is 15.4 Å². The number of hydrogen-bond acceptors (Lipinski definition) is 3. The third-order valence-electron chi connectivity index (χ3n) is 2.65. The second-order valence-corrected chi connectivity index (χ2v) is 5.62. The van der Waals surface area contributed by atoms with E-state index in [-0.39, 0.29) is 18.9 Å². The van der Waals surface area contributed by atoms with Crippen LogP contribution in [0.2, 0.25) is 10.0 Å². The Labute approximate surface area is 146 Å². The van der Waals surface area contributed by atoms with Gasteiger partial charge in [0.05, 0.1) is 0 Å². The number of carbonyl (C=O) groups is 2. The average molecular weight is 387 g/mol. The first-order valence-electron chi connectivity index (χ1n) is 6.85. The van der Waals surface area contributed by atoms with Gasteiger partial charge in [0.1, 0.15) is 0 Å². The maximum atomic E-state index is 11.8. The fourth-order valence-corrected chi connectivity index (χ4v) is 2.24. The number of ether oxygens (including phenoxy) is 1. The lowest BCUT2D eigenvalue weighted by atomic mass is 10.1. The van der Waals surface area contributed by atoms with Crippen molar-refractivity contribution in [2.24, 2.45) is 0 Å². The molecule has 24 heavy (non-hydrogen) atoms. The predicted molar refractivity (Wildman–Crippen MR) is 83.2 cm³/mol. The van der Waals surface area contributed by atoms with Crippen LogP contribution in [-0.2, 0) is 16.0 Å². The van der Waals surface area contributed by atoms with Gasteiger partial charge >= 0.3 is 12.3 Å². The average Bonchev–Trinajstić information content (AvgIpc) is 2.43. The van der Waals surface area contributed by atoms with Gasteiger partial charge in [-0.15, -0.1) is 0 Å². The lowest BCUT2D eigenvalue weighted by Crippen LogP contribution is -2.33. The molecule has 0 spiro atoms.